The summed E-state index contributed by atoms with van der Waals surface area (Å²) in [6.45, 7) is 3.20. The predicted molar refractivity (Wildman–Crippen MR) is 123 cm³/mol. The van der Waals surface area contributed by atoms with Crippen LogP contribution in [0.3, 0.4) is 0 Å². The number of aromatic nitrogens is 1. The van der Waals surface area contributed by atoms with Gasteiger partial charge in [-0.2, -0.15) is 0 Å². The van der Waals surface area contributed by atoms with E-state index in [1.165, 1.54) is 0 Å². The standard InChI is InChI=1S/C25H28N4O2/c1-27(2)24(30)18-28-13-8-14-29(16-15-28)25(31)21-17-23(19-9-4-3-5-10-19)26-22-12-7-6-11-20(21)22/h3-7,9-12,17H,8,13-16,18H2,1-2H3. The van der Waals surface area contributed by atoms with Crippen LogP contribution in [0.1, 0.15) is 16.8 Å². The van der Waals surface area contributed by atoms with Gasteiger partial charge < -0.3 is 9.80 Å². The quantitative estimate of drug-likeness (QED) is 0.656. The molecule has 4 rings (SSSR count). The fourth-order valence-corrected chi connectivity index (χ4v) is 3.94. The van der Waals surface area contributed by atoms with Crippen molar-refractivity contribution in [1.29, 1.82) is 0 Å². The number of pyridine rings is 1. The molecule has 31 heavy (non-hydrogen) atoms. The van der Waals surface area contributed by atoms with E-state index < -0.39 is 0 Å². The molecule has 6 heteroatoms. The third kappa shape index (κ3) is 4.75. The average molecular weight is 417 g/mol. The van der Waals surface area contributed by atoms with E-state index in [9.17, 15) is 9.59 Å². The Bertz CT molecular complexity index is 1080. The summed E-state index contributed by atoms with van der Waals surface area (Å²) in [5.41, 5.74) is 3.30. The Morgan fingerprint density at radius 2 is 1.68 bits per heavy atom. The summed E-state index contributed by atoms with van der Waals surface area (Å²) < 4.78 is 0. The molecule has 1 aliphatic heterocycles. The lowest BCUT2D eigenvalue weighted by Gasteiger charge is -2.23. The van der Waals surface area contributed by atoms with E-state index >= 15 is 0 Å². The number of hydrogen-bond donors (Lipinski definition) is 0. The number of nitrogens with zero attached hydrogens (tertiary/aromatic N) is 4. The molecule has 160 valence electrons. The summed E-state index contributed by atoms with van der Waals surface area (Å²) in [5, 5.41) is 0.871. The number of fused-ring (bicyclic) bond motifs is 1. The second-order valence-corrected chi connectivity index (χ2v) is 8.15. The lowest BCUT2D eigenvalue weighted by Crippen LogP contribution is -2.39. The van der Waals surface area contributed by atoms with Gasteiger partial charge in [0.25, 0.3) is 5.91 Å². The summed E-state index contributed by atoms with van der Waals surface area (Å²) in [7, 11) is 3.55. The summed E-state index contributed by atoms with van der Waals surface area (Å²) >= 11 is 0. The van der Waals surface area contributed by atoms with Crippen LogP contribution in [0.4, 0.5) is 0 Å². The highest BCUT2D eigenvalue weighted by molar-refractivity contribution is 6.07. The molecule has 0 spiro atoms. The molecule has 0 saturated carbocycles. The van der Waals surface area contributed by atoms with Crippen LogP contribution in [0.25, 0.3) is 22.2 Å². The van der Waals surface area contributed by atoms with Gasteiger partial charge in [-0.1, -0.05) is 48.5 Å². The minimum atomic E-state index is 0.0246. The first kappa shape index (κ1) is 21.0. The van der Waals surface area contributed by atoms with Gasteiger partial charge in [0.15, 0.2) is 0 Å². The largest absolute Gasteiger partial charge is 0.348 e. The zero-order chi connectivity index (χ0) is 21.8. The molecule has 6 nitrogen and oxygen atoms in total. The van der Waals surface area contributed by atoms with E-state index in [2.05, 4.69) is 4.90 Å². The van der Waals surface area contributed by atoms with E-state index in [1.807, 2.05) is 65.6 Å². The van der Waals surface area contributed by atoms with Crippen molar-refractivity contribution in [3.63, 3.8) is 0 Å². The van der Waals surface area contributed by atoms with Gasteiger partial charge in [-0.15, -0.1) is 0 Å². The zero-order valence-corrected chi connectivity index (χ0v) is 18.1. The van der Waals surface area contributed by atoms with Crippen LogP contribution in [-0.2, 0) is 4.79 Å². The van der Waals surface area contributed by atoms with Crippen LogP contribution in [0.15, 0.2) is 60.7 Å². The maximum absolute atomic E-state index is 13.6. The van der Waals surface area contributed by atoms with Crippen molar-refractivity contribution in [2.75, 3.05) is 46.8 Å². The van der Waals surface area contributed by atoms with Gasteiger partial charge in [-0.25, -0.2) is 4.98 Å². The van der Waals surface area contributed by atoms with E-state index in [-0.39, 0.29) is 11.8 Å². The molecule has 2 aromatic carbocycles. The summed E-state index contributed by atoms with van der Waals surface area (Å²) in [4.78, 5) is 36.1. The van der Waals surface area contributed by atoms with E-state index in [0.29, 0.717) is 31.7 Å². The third-order valence-electron chi connectivity index (χ3n) is 5.75. The fourth-order valence-electron chi connectivity index (χ4n) is 3.94. The van der Waals surface area contributed by atoms with Gasteiger partial charge in [0, 0.05) is 51.2 Å². The normalized spacial score (nSPS) is 15.0. The van der Waals surface area contributed by atoms with Crippen molar-refractivity contribution in [3.05, 3.63) is 66.2 Å². The lowest BCUT2D eigenvalue weighted by molar-refractivity contribution is -0.129. The molecule has 0 aliphatic carbocycles. The molecule has 1 aliphatic rings. The molecule has 0 N–H and O–H groups in total. The number of hydrogen-bond acceptors (Lipinski definition) is 4. The first-order valence-electron chi connectivity index (χ1n) is 10.7. The molecular formula is C25H28N4O2. The SMILES string of the molecule is CN(C)C(=O)CN1CCCN(C(=O)c2cc(-c3ccccc3)nc3ccccc23)CC1. The minimum absolute atomic E-state index is 0.0246. The maximum atomic E-state index is 13.6. The number of likely N-dealkylation sites (N-methyl/N-ethyl adjacent to an activating group) is 1. The monoisotopic (exact) mass is 416 g/mol. The Hall–Kier alpha value is -3.25. The highest BCUT2D eigenvalue weighted by Gasteiger charge is 2.24. The van der Waals surface area contributed by atoms with Crippen molar-refractivity contribution in [3.8, 4) is 11.3 Å². The van der Waals surface area contributed by atoms with Crippen LogP contribution in [-0.4, -0.2) is 78.3 Å². The average Bonchev–Trinajstić information content (AvgIpc) is 3.04. The Morgan fingerprint density at radius 1 is 0.935 bits per heavy atom. The molecule has 1 fully saturated rings. The summed E-state index contributed by atoms with van der Waals surface area (Å²) in [6, 6.07) is 19.7. The second kappa shape index (κ2) is 9.27. The second-order valence-electron chi connectivity index (χ2n) is 8.15. The number of para-hydroxylation sites is 1. The molecule has 2 heterocycles. The Morgan fingerprint density at radius 3 is 2.45 bits per heavy atom. The predicted octanol–water partition coefficient (Wildman–Crippen LogP) is 3.14. The van der Waals surface area contributed by atoms with E-state index in [4.69, 9.17) is 4.98 Å². The van der Waals surface area contributed by atoms with Crippen LogP contribution in [0.2, 0.25) is 0 Å². The highest BCUT2D eigenvalue weighted by atomic mass is 16.2. The first-order valence-corrected chi connectivity index (χ1v) is 10.7. The summed E-state index contributed by atoms with van der Waals surface area (Å²) in [5.74, 6) is 0.115. The van der Waals surface area contributed by atoms with Crippen molar-refractivity contribution >= 4 is 22.7 Å². The molecule has 1 saturated heterocycles. The molecule has 0 atom stereocenters. The van der Waals surface area contributed by atoms with E-state index in [1.54, 1.807) is 19.0 Å². The summed E-state index contributed by atoms with van der Waals surface area (Å²) in [6.07, 6.45) is 0.848. The van der Waals surface area contributed by atoms with Crippen molar-refractivity contribution in [2.45, 2.75) is 6.42 Å². The molecular weight excluding hydrogens is 388 g/mol. The Balaban J connectivity index is 1.61. The van der Waals surface area contributed by atoms with Crippen LogP contribution >= 0.6 is 0 Å². The van der Waals surface area contributed by atoms with Gasteiger partial charge in [-0.3, -0.25) is 14.5 Å². The van der Waals surface area contributed by atoms with Gasteiger partial charge in [0.1, 0.15) is 0 Å². The van der Waals surface area contributed by atoms with Gasteiger partial charge >= 0.3 is 0 Å². The number of carbonyl (C=O) groups excluding carboxylic acids is 2. The number of benzene rings is 2. The Labute approximate surface area is 183 Å². The van der Waals surface area contributed by atoms with Crippen molar-refractivity contribution in [2.24, 2.45) is 0 Å². The highest BCUT2D eigenvalue weighted by Crippen LogP contribution is 2.26. The molecule has 0 bridgehead atoms. The molecule has 0 radical (unpaired) electrons. The molecule has 2 amide bonds. The van der Waals surface area contributed by atoms with Gasteiger partial charge in [-0.05, 0) is 18.6 Å². The molecule has 0 unspecified atom stereocenters. The zero-order valence-electron chi connectivity index (χ0n) is 18.1. The maximum Gasteiger partial charge on any atom is 0.254 e. The van der Waals surface area contributed by atoms with Crippen LogP contribution in [0.5, 0.6) is 0 Å². The van der Waals surface area contributed by atoms with Crippen LogP contribution in [0, 0.1) is 0 Å². The fraction of sp³-hybridized carbons (Fsp3) is 0.320. The molecule has 1 aromatic heterocycles. The number of amides is 2. The van der Waals surface area contributed by atoms with Gasteiger partial charge in [0.2, 0.25) is 5.91 Å². The number of rotatable bonds is 4. The van der Waals surface area contributed by atoms with Gasteiger partial charge in [0.05, 0.1) is 23.3 Å². The Kier molecular flexibility index (Phi) is 6.28. The van der Waals surface area contributed by atoms with Crippen molar-refractivity contribution in [1.82, 2.24) is 19.7 Å². The topological polar surface area (TPSA) is 56.8 Å². The molecule has 3 aromatic rings. The minimum Gasteiger partial charge on any atom is -0.348 e. The smallest absolute Gasteiger partial charge is 0.254 e. The van der Waals surface area contributed by atoms with E-state index in [0.717, 1.165) is 35.1 Å². The third-order valence-corrected chi connectivity index (χ3v) is 5.75. The van der Waals surface area contributed by atoms with Crippen molar-refractivity contribution < 1.29 is 9.59 Å². The number of carbonyl (C=O) groups is 2. The van der Waals surface area contributed by atoms with Crippen LogP contribution < -0.4 is 0 Å². The first-order chi connectivity index (χ1) is 15.0. The lowest BCUT2D eigenvalue weighted by atomic mass is 10.0.